The van der Waals surface area contributed by atoms with E-state index in [0.717, 1.165) is 0 Å². The van der Waals surface area contributed by atoms with E-state index < -0.39 is 0 Å². The fourth-order valence-corrected chi connectivity index (χ4v) is 2.06. The SMILES string of the molecule is Cn1nc(Cl)c(Cl)c1Oc1ccc(Cl)cc1Cl. The van der Waals surface area contributed by atoms with Gasteiger partial charge in [-0.05, 0) is 18.2 Å². The molecule has 0 N–H and O–H groups in total. The number of hydrogen-bond acceptors (Lipinski definition) is 2. The molecule has 3 nitrogen and oxygen atoms in total. The molecule has 0 aliphatic carbocycles. The maximum atomic E-state index is 5.98. The molecule has 1 aromatic carbocycles. The Morgan fingerprint density at radius 2 is 1.88 bits per heavy atom. The van der Waals surface area contributed by atoms with Crippen LogP contribution in [0.5, 0.6) is 11.6 Å². The Bertz CT molecular complexity index is 568. The molecule has 0 saturated carbocycles. The first-order valence-corrected chi connectivity index (χ1v) is 6.01. The second kappa shape index (κ2) is 4.94. The molecular weight excluding hydrogens is 306 g/mol. The van der Waals surface area contributed by atoms with Gasteiger partial charge in [0.05, 0.1) is 5.02 Å². The number of hydrogen-bond donors (Lipinski definition) is 0. The minimum Gasteiger partial charge on any atom is -0.436 e. The number of ether oxygens (including phenoxy) is 1. The van der Waals surface area contributed by atoms with Crippen LogP contribution in [-0.2, 0) is 7.05 Å². The van der Waals surface area contributed by atoms with Crippen LogP contribution in [0.1, 0.15) is 0 Å². The Hall–Kier alpha value is -0.610. The van der Waals surface area contributed by atoms with Crippen molar-refractivity contribution in [1.29, 1.82) is 0 Å². The normalized spacial score (nSPS) is 10.6. The molecular formula is C10H6Cl4N2O. The van der Waals surface area contributed by atoms with E-state index in [9.17, 15) is 0 Å². The zero-order chi connectivity index (χ0) is 12.6. The van der Waals surface area contributed by atoms with Gasteiger partial charge in [-0.15, -0.1) is 0 Å². The van der Waals surface area contributed by atoms with E-state index in [1.807, 2.05) is 0 Å². The van der Waals surface area contributed by atoms with Gasteiger partial charge in [0.1, 0.15) is 10.8 Å². The Labute approximate surface area is 118 Å². The summed E-state index contributed by atoms with van der Waals surface area (Å²) in [7, 11) is 1.66. The molecule has 0 saturated heterocycles. The molecule has 0 unspecified atom stereocenters. The molecule has 90 valence electrons. The van der Waals surface area contributed by atoms with E-state index in [0.29, 0.717) is 21.7 Å². The van der Waals surface area contributed by atoms with Gasteiger partial charge in [0.25, 0.3) is 0 Å². The second-order valence-corrected chi connectivity index (χ2v) is 4.79. The van der Waals surface area contributed by atoms with Crippen LogP contribution in [0, 0.1) is 0 Å². The van der Waals surface area contributed by atoms with Gasteiger partial charge in [0.2, 0.25) is 5.88 Å². The lowest BCUT2D eigenvalue weighted by molar-refractivity contribution is 0.431. The third-order valence-electron chi connectivity index (χ3n) is 2.00. The number of aryl methyl sites for hydroxylation is 1. The summed E-state index contributed by atoms with van der Waals surface area (Å²) in [4.78, 5) is 0. The lowest BCUT2D eigenvalue weighted by atomic mass is 10.3. The predicted molar refractivity (Wildman–Crippen MR) is 69.8 cm³/mol. The van der Waals surface area contributed by atoms with Crippen LogP contribution >= 0.6 is 46.4 Å². The topological polar surface area (TPSA) is 27.1 Å². The lowest BCUT2D eigenvalue weighted by Gasteiger charge is -2.07. The maximum Gasteiger partial charge on any atom is 0.238 e. The minimum atomic E-state index is 0.175. The molecule has 17 heavy (non-hydrogen) atoms. The van der Waals surface area contributed by atoms with E-state index in [-0.39, 0.29) is 10.2 Å². The van der Waals surface area contributed by atoms with Crippen LogP contribution in [0.4, 0.5) is 0 Å². The van der Waals surface area contributed by atoms with Crippen molar-refractivity contribution in [3.05, 3.63) is 38.4 Å². The van der Waals surface area contributed by atoms with Gasteiger partial charge < -0.3 is 4.74 Å². The Balaban J connectivity index is 2.38. The molecule has 0 bridgehead atoms. The van der Waals surface area contributed by atoms with E-state index in [1.165, 1.54) is 4.68 Å². The molecule has 0 amide bonds. The van der Waals surface area contributed by atoms with Crippen molar-refractivity contribution in [3.63, 3.8) is 0 Å². The smallest absolute Gasteiger partial charge is 0.238 e. The quantitative estimate of drug-likeness (QED) is 0.794. The third-order valence-corrected chi connectivity index (χ3v) is 3.23. The minimum absolute atomic E-state index is 0.175. The largest absolute Gasteiger partial charge is 0.436 e. The van der Waals surface area contributed by atoms with E-state index in [1.54, 1.807) is 25.2 Å². The number of nitrogens with zero attached hydrogens (tertiary/aromatic N) is 2. The van der Waals surface area contributed by atoms with Crippen molar-refractivity contribution in [2.24, 2.45) is 7.05 Å². The van der Waals surface area contributed by atoms with Crippen LogP contribution in [0.2, 0.25) is 20.2 Å². The van der Waals surface area contributed by atoms with Crippen LogP contribution in [0.3, 0.4) is 0 Å². The summed E-state index contributed by atoms with van der Waals surface area (Å²) in [5.74, 6) is 0.749. The highest BCUT2D eigenvalue weighted by Crippen LogP contribution is 2.37. The first-order valence-electron chi connectivity index (χ1n) is 4.50. The van der Waals surface area contributed by atoms with Crippen molar-refractivity contribution in [2.45, 2.75) is 0 Å². The van der Waals surface area contributed by atoms with Crippen molar-refractivity contribution in [2.75, 3.05) is 0 Å². The Morgan fingerprint density at radius 1 is 1.18 bits per heavy atom. The van der Waals surface area contributed by atoms with Crippen LogP contribution in [0.25, 0.3) is 0 Å². The third kappa shape index (κ3) is 2.63. The average molecular weight is 312 g/mol. The zero-order valence-electron chi connectivity index (χ0n) is 8.55. The number of benzene rings is 1. The summed E-state index contributed by atoms with van der Waals surface area (Å²) in [6.45, 7) is 0. The molecule has 2 rings (SSSR count). The molecule has 0 spiro atoms. The number of rotatable bonds is 2. The van der Waals surface area contributed by atoms with Crippen molar-refractivity contribution in [3.8, 4) is 11.6 Å². The summed E-state index contributed by atoms with van der Waals surface area (Å²) in [5, 5.41) is 5.23. The molecule has 7 heteroatoms. The highest BCUT2D eigenvalue weighted by molar-refractivity contribution is 6.42. The van der Waals surface area contributed by atoms with Crippen LogP contribution in [-0.4, -0.2) is 9.78 Å². The highest BCUT2D eigenvalue weighted by atomic mass is 35.5. The molecule has 1 heterocycles. The standard InChI is InChI=1S/C10H6Cl4N2O/c1-16-10(8(13)9(14)15-16)17-7-3-2-5(11)4-6(7)12/h2-4H,1H3. The highest BCUT2D eigenvalue weighted by Gasteiger charge is 2.16. The molecule has 2 aromatic rings. The number of halogens is 4. The van der Waals surface area contributed by atoms with E-state index in [4.69, 9.17) is 51.1 Å². The first kappa shape index (κ1) is 12.8. The summed E-state index contributed by atoms with van der Waals surface area (Å²) in [6, 6.07) is 4.88. The summed E-state index contributed by atoms with van der Waals surface area (Å²) in [5.41, 5.74) is 0. The zero-order valence-corrected chi connectivity index (χ0v) is 11.6. The summed E-state index contributed by atoms with van der Waals surface area (Å²) >= 11 is 23.5. The van der Waals surface area contributed by atoms with Gasteiger partial charge in [-0.3, -0.25) is 0 Å². The van der Waals surface area contributed by atoms with Crippen molar-refractivity contribution >= 4 is 46.4 Å². The lowest BCUT2D eigenvalue weighted by Crippen LogP contribution is -1.95. The van der Waals surface area contributed by atoms with E-state index >= 15 is 0 Å². The van der Waals surface area contributed by atoms with Gasteiger partial charge in [0, 0.05) is 12.1 Å². The van der Waals surface area contributed by atoms with Gasteiger partial charge in [-0.1, -0.05) is 46.4 Å². The van der Waals surface area contributed by atoms with Crippen molar-refractivity contribution in [1.82, 2.24) is 9.78 Å². The fraction of sp³-hybridized carbons (Fsp3) is 0.100. The second-order valence-electron chi connectivity index (χ2n) is 3.21. The van der Waals surface area contributed by atoms with Gasteiger partial charge in [-0.25, -0.2) is 4.68 Å². The Kier molecular flexibility index (Phi) is 3.73. The van der Waals surface area contributed by atoms with Gasteiger partial charge in [-0.2, -0.15) is 5.10 Å². The van der Waals surface area contributed by atoms with Gasteiger partial charge >= 0.3 is 0 Å². The summed E-state index contributed by atoms with van der Waals surface area (Å²) < 4.78 is 6.97. The first-order chi connectivity index (χ1) is 7.99. The average Bonchev–Trinajstić information content (AvgIpc) is 2.48. The molecule has 0 radical (unpaired) electrons. The molecule has 0 atom stereocenters. The molecule has 0 fully saturated rings. The predicted octanol–water partition coefficient (Wildman–Crippen LogP) is 4.83. The molecule has 0 aliphatic heterocycles. The molecule has 1 aromatic heterocycles. The monoisotopic (exact) mass is 310 g/mol. The van der Waals surface area contributed by atoms with E-state index in [2.05, 4.69) is 5.10 Å². The van der Waals surface area contributed by atoms with Crippen LogP contribution < -0.4 is 4.74 Å². The van der Waals surface area contributed by atoms with Crippen molar-refractivity contribution < 1.29 is 4.74 Å². The number of aromatic nitrogens is 2. The summed E-state index contributed by atoms with van der Waals surface area (Å²) in [6.07, 6.45) is 0. The molecule has 0 aliphatic rings. The van der Waals surface area contributed by atoms with Gasteiger partial charge in [0.15, 0.2) is 5.15 Å². The Morgan fingerprint density at radius 3 is 2.41 bits per heavy atom. The van der Waals surface area contributed by atoms with Crippen LogP contribution in [0.15, 0.2) is 18.2 Å². The fourth-order valence-electron chi connectivity index (χ4n) is 1.22. The maximum absolute atomic E-state index is 5.98.